The third-order valence-electron chi connectivity index (χ3n) is 7.61. The lowest BCUT2D eigenvalue weighted by molar-refractivity contribution is -0.172. The molecule has 0 aliphatic carbocycles. The Morgan fingerprint density at radius 3 is 2.64 bits per heavy atom. The summed E-state index contributed by atoms with van der Waals surface area (Å²) in [5.41, 5.74) is 8.15. The minimum Gasteiger partial charge on any atom is -0.458 e. The molecule has 0 saturated carbocycles. The number of fused-ring (bicyclic) bond motifs is 5. The number of aromatic nitrogens is 2. The van der Waals surface area contributed by atoms with Gasteiger partial charge in [0.2, 0.25) is 5.91 Å². The van der Waals surface area contributed by atoms with E-state index >= 15 is 0 Å². The molecule has 4 heterocycles. The predicted octanol–water partition coefficient (Wildman–Crippen LogP) is 3.09. The number of hydrogen-bond donors (Lipinski definition) is 3. The highest BCUT2D eigenvalue weighted by Gasteiger charge is 2.45. The lowest BCUT2D eigenvalue weighted by Crippen LogP contribution is -2.44. The number of amides is 1. The molecule has 2 aromatic carbocycles. The zero-order chi connectivity index (χ0) is 27.6. The van der Waals surface area contributed by atoms with Crippen LogP contribution in [0.3, 0.4) is 0 Å². The van der Waals surface area contributed by atoms with Crippen LogP contribution in [0.1, 0.15) is 35.6 Å². The highest BCUT2D eigenvalue weighted by Crippen LogP contribution is 2.43. The predicted molar refractivity (Wildman–Crippen MR) is 142 cm³/mol. The third kappa shape index (κ3) is 3.67. The SMILES string of the molecule is CC[C@@]1(O)C(=O)OCc2c1cc1n(c2=O)Cc2c-1nc1cc(F)c(C)cc1c2-c1ccc(NC(=O)CN)cc1. The fraction of sp³-hybridized carbons (Fsp3) is 0.241. The van der Waals surface area contributed by atoms with E-state index < -0.39 is 17.4 Å². The Morgan fingerprint density at radius 2 is 1.95 bits per heavy atom. The van der Waals surface area contributed by atoms with E-state index in [-0.39, 0.29) is 48.7 Å². The van der Waals surface area contributed by atoms with Crippen LogP contribution in [0.5, 0.6) is 0 Å². The number of hydrogen-bond acceptors (Lipinski definition) is 7. The van der Waals surface area contributed by atoms with Crippen molar-refractivity contribution < 1.29 is 23.8 Å². The summed E-state index contributed by atoms with van der Waals surface area (Å²) < 4.78 is 21.4. The molecule has 9 nitrogen and oxygen atoms in total. The van der Waals surface area contributed by atoms with Crippen molar-refractivity contribution in [1.82, 2.24) is 9.55 Å². The molecule has 39 heavy (non-hydrogen) atoms. The Hall–Kier alpha value is -4.41. The summed E-state index contributed by atoms with van der Waals surface area (Å²) in [6, 6.07) is 11.9. The number of nitrogens with two attached hydrogens (primary N) is 1. The number of nitrogens with zero attached hydrogens (tertiary/aromatic N) is 2. The van der Waals surface area contributed by atoms with Gasteiger partial charge in [0.1, 0.15) is 12.4 Å². The second kappa shape index (κ2) is 8.82. The van der Waals surface area contributed by atoms with Crippen molar-refractivity contribution in [2.45, 2.75) is 39.0 Å². The van der Waals surface area contributed by atoms with Crippen LogP contribution in [0.2, 0.25) is 0 Å². The van der Waals surface area contributed by atoms with Gasteiger partial charge < -0.3 is 25.5 Å². The second-order valence-electron chi connectivity index (χ2n) is 9.87. The molecule has 0 fully saturated rings. The fourth-order valence-electron chi connectivity index (χ4n) is 5.47. The maximum absolute atomic E-state index is 14.7. The molecule has 2 aliphatic heterocycles. The molecule has 2 aromatic heterocycles. The molecule has 0 saturated heterocycles. The zero-order valence-corrected chi connectivity index (χ0v) is 21.3. The summed E-state index contributed by atoms with van der Waals surface area (Å²) in [7, 11) is 0. The number of nitrogens with one attached hydrogen (secondary N) is 1. The first-order valence-corrected chi connectivity index (χ1v) is 12.6. The number of benzene rings is 2. The summed E-state index contributed by atoms with van der Waals surface area (Å²) in [4.78, 5) is 42.6. The number of aryl methyl sites for hydroxylation is 1. The first-order valence-electron chi connectivity index (χ1n) is 12.6. The van der Waals surface area contributed by atoms with Crippen LogP contribution in [0.15, 0.2) is 47.3 Å². The molecule has 6 rings (SSSR count). The van der Waals surface area contributed by atoms with E-state index in [4.69, 9.17) is 15.5 Å². The number of aliphatic hydroxyl groups is 1. The first-order chi connectivity index (χ1) is 18.7. The minimum atomic E-state index is -1.95. The van der Waals surface area contributed by atoms with Gasteiger partial charge in [-0.3, -0.25) is 9.59 Å². The van der Waals surface area contributed by atoms with Crippen molar-refractivity contribution in [3.05, 3.63) is 80.9 Å². The Bertz CT molecular complexity index is 1780. The molecule has 4 aromatic rings. The van der Waals surface area contributed by atoms with Gasteiger partial charge in [-0.2, -0.15) is 0 Å². The van der Waals surface area contributed by atoms with Crippen LogP contribution in [0.4, 0.5) is 10.1 Å². The van der Waals surface area contributed by atoms with Crippen LogP contribution in [-0.4, -0.2) is 33.1 Å². The van der Waals surface area contributed by atoms with Crippen molar-refractivity contribution in [2.24, 2.45) is 5.73 Å². The summed E-state index contributed by atoms with van der Waals surface area (Å²) in [6.45, 7) is 3.14. The summed E-state index contributed by atoms with van der Waals surface area (Å²) in [6.07, 6.45) is 0.0303. The van der Waals surface area contributed by atoms with Crippen molar-refractivity contribution in [2.75, 3.05) is 11.9 Å². The van der Waals surface area contributed by atoms with Gasteiger partial charge in [-0.05, 0) is 54.3 Å². The number of cyclic esters (lactones) is 1. The van der Waals surface area contributed by atoms with Gasteiger partial charge >= 0.3 is 5.97 Å². The number of carbonyl (C=O) groups excluding carboxylic acids is 2. The standard InChI is InChI=1S/C29H25FN4O5/c1-3-29(38)20-9-23-26-18(12-34(23)27(36)19(20)13-39-28(29)37)25(17-8-14(2)21(30)10-22(17)33-26)15-4-6-16(7-5-15)32-24(35)11-31/h4-10,38H,3,11-13,31H2,1-2H3,(H,32,35)/t29-/m0/s1. The average Bonchev–Trinajstić information content (AvgIpc) is 3.29. The summed E-state index contributed by atoms with van der Waals surface area (Å²) >= 11 is 0. The van der Waals surface area contributed by atoms with E-state index in [2.05, 4.69) is 5.32 Å². The molecular weight excluding hydrogens is 503 g/mol. The monoisotopic (exact) mass is 528 g/mol. The normalized spacial score (nSPS) is 17.4. The van der Waals surface area contributed by atoms with Gasteiger partial charge in [0, 0.05) is 28.3 Å². The molecule has 1 atom stereocenters. The minimum absolute atomic E-state index is 0.0303. The lowest BCUT2D eigenvalue weighted by atomic mass is 9.86. The highest BCUT2D eigenvalue weighted by atomic mass is 19.1. The van der Waals surface area contributed by atoms with Crippen LogP contribution in [-0.2, 0) is 33.1 Å². The molecule has 4 N–H and O–H groups in total. The average molecular weight is 529 g/mol. The van der Waals surface area contributed by atoms with E-state index in [1.807, 2.05) is 12.1 Å². The van der Waals surface area contributed by atoms with Crippen LogP contribution < -0.4 is 16.6 Å². The number of pyridine rings is 2. The maximum Gasteiger partial charge on any atom is 0.343 e. The molecular formula is C29H25FN4O5. The van der Waals surface area contributed by atoms with Crippen LogP contribution in [0, 0.1) is 12.7 Å². The topological polar surface area (TPSA) is 137 Å². The number of esters is 1. The zero-order valence-electron chi connectivity index (χ0n) is 21.3. The quantitative estimate of drug-likeness (QED) is 0.305. The maximum atomic E-state index is 14.7. The van der Waals surface area contributed by atoms with Crippen molar-refractivity contribution >= 4 is 28.5 Å². The third-order valence-corrected chi connectivity index (χ3v) is 7.61. The highest BCUT2D eigenvalue weighted by molar-refractivity contribution is 6.01. The number of carbonyl (C=O) groups is 2. The molecule has 2 aliphatic rings. The van der Waals surface area contributed by atoms with Gasteiger partial charge in [-0.25, -0.2) is 14.2 Å². The van der Waals surface area contributed by atoms with E-state index in [1.165, 1.54) is 6.07 Å². The first kappa shape index (κ1) is 24.9. The summed E-state index contributed by atoms with van der Waals surface area (Å²) in [5.74, 6) is -1.53. The van der Waals surface area contributed by atoms with E-state index in [0.29, 0.717) is 33.5 Å². The van der Waals surface area contributed by atoms with Crippen molar-refractivity contribution in [1.29, 1.82) is 0 Å². The van der Waals surface area contributed by atoms with Crippen LogP contribution in [0.25, 0.3) is 33.4 Å². The molecule has 0 unspecified atom stereocenters. The van der Waals surface area contributed by atoms with Gasteiger partial charge in [0.15, 0.2) is 5.60 Å². The van der Waals surface area contributed by atoms with Gasteiger partial charge in [-0.1, -0.05) is 19.1 Å². The lowest BCUT2D eigenvalue weighted by Gasteiger charge is -2.31. The molecule has 198 valence electrons. The fourth-order valence-corrected chi connectivity index (χ4v) is 5.47. The second-order valence-corrected chi connectivity index (χ2v) is 9.87. The molecule has 0 radical (unpaired) electrons. The summed E-state index contributed by atoms with van der Waals surface area (Å²) in [5, 5.41) is 14.6. The number of rotatable bonds is 4. The molecule has 10 heteroatoms. The van der Waals surface area contributed by atoms with E-state index in [0.717, 1.165) is 16.7 Å². The Morgan fingerprint density at radius 1 is 1.21 bits per heavy atom. The number of halogens is 1. The van der Waals surface area contributed by atoms with E-state index in [1.54, 1.807) is 42.7 Å². The molecule has 1 amide bonds. The van der Waals surface area contributed by atoms with Gasteiger partial charge in [-0.15, -0.1) is 0 Å². The van der Waals surface area contributed by atoms with E-state index in [9.17, 15) is 23.9 Å². The number of ether oxygens (including phenoxy) is 1. The molecule has 0 bridgehead atoms. The van der Waals surface area contributed by atoms with Crippen molar-refractivity contribution in [3.8, 4) is 22.5 Å². The van der Waals surface area contributed by atoms with Crippen LogP contribution >= 0.6 is 0 Å². The largest absolute Gasteiger partial charge is 0.458 e. The van der Waals surface area contributed by atoms with Gasteiger partial charge in [0.25, 0.3) is 5.56 Å². The smallest absolute Gasteiger partial charge is 0.343 e. The Labute approximate surface area is 222 Å². The van der Waals surface area contributed by atoms with Gasteiger partial charge in [0.05, 0.1) is 35.6 Å². The molecule has 0 spiro atoms. The Kier molecular flexibility index (Phi) is 5.63. The number of anilines is 1. The Balaban J connectivity index is 1.61. The van der Waals surface area contributed by atoms with Crippen molar-refractivity contribution in [3.63, 3.8) is 0 Å².